The van der Waals surface area contributed by atoms with Gasteiger partial charge in [-0.05, 0) is 43.5 Å². The number of carboxylic acid groups (broad SMARTS) is 1. The molecule has 1 aromatic rings. The summed E-state index contributed by atoms with van der Waals surface area (Å²) in [7, 11) is 1.58. The number of nitrogens with zero attached hydrogens (tertiary/aromatic N) is 3. The second kappa shape index (κ2) is 9.61. The van der Waals surface area contributed by atoms with E-state index in [2.05, 4.69) is 9.80 Å². The lowest BCUT2D eigenvalue weighted by Crippen LogP contribution is -2.61. The van der Waals surface area contributed by atoms with Crippen LogP contribution < -0.4 is 0 Å². The van der Waals surface area contributed by atoms with Crippen molar-refractivity contribution in [2.24, 2.45) is 0 Å². The van der Waals surface area contributed by atoms with E-state index in [4.69, 9.17) is 23.2 Å². The summed E-state index contributed by atoms with van der Waals surface area (Å²) in [5.41, 5.74) is 1.00. The maximum atomic E-state index is 13.3. The number of benzene rings is 1. The van der Waals surface area contributed by atoms with E-state index in [1.165, 1.54) is 4.90 Å². The minimum Gasteiger partial charge on any atom is -0.465 e. The lowest BCUT2D eigenvalue weighted by Gasteiger charge is -2.47. The highest BCUT2D eigenvalue weighted by molar-refractivity contribution is 6.42. The van der Waals surface area contributed by atoms with Crippen molar-refractivity contribution in [3.63, 3.8) is 0 Å². The molecule has 1 N–H and O–H groups in total. The van der Waals surface area contributed by atoms with Gasteiger partial charge in [0.15, 0.2) is 0 Å². The van der Waals surface area contributed by atoms with Crippen LogP contribution in [0.1, 0.15) is 30.7 Å². The van der Waals surface area contributed by atoms with Crippen LogP contribution in [0, 0.1) is 0 Å². The van der Waals surface area contributed by atoms with Crippen molar-refractivity contribution in [2.75, 3.05) is 46.3 Å². The first-order valence-electron chi connectivity index (χ1n) is 9.83. The van der Waals surface area contributed by atoms with E-state index < -0.39 is 12.3 Å². The van der Waals surface area contributed by atoms with Gasteiger partial charge in [0, 0.05) is 51.7 Å². The molecule has 0 aliphatic carbocycles. The maximum Gasteiger partial charge on any atom is 0.407 e. The Balaban J connectivity index is 1.53. The molecule has 156 valence electrons. The molecule has 0 aromatic heterocycles. The third-order valence-corrected chi connectivity index (χ3v) is 6.68. The molecule has 1 amide bonds. The van der Waals surface area contributed by atoms with Gasteiger partial charge in [0.1, 0.15) is 6.17 Å². The molecule has 1 atom stereocenters. The van der Waals surface area contributed by atoms with Gasteiger partial charge in [0.05, 0.1) is 10.0 Å². The van der Waals surface area contributed by atoms with Crippen LogP contribution in [-0.2, 0) is 0 Å². The van der Waals surface area contributed by atoms with Crippen molar-refractivity contribution in [3.8, 4) is 0 Å². The van der Waals surface area contributed by atoms with E-state index in [1.54, 1.807) is 13.1 Å². The average molecular weight is 432 g/mol. The van der Waals surface area contributed by atoms with E-state index in [-0.39, 0.29) is 5.92 Å². The summed E-state index contributed by atoms with van der Waals surface area (Å²) in [6.45, 7) is 5.02. The molecule has 28 heavy (non-hydrogen) atoms. The molecule has 2 aliphatic heterocycles. The molecular weight excluding hydrogens is 404 g/mol. The molecule has 3 rings (SSSR count). The molecule has 0 spiro atoms. The monoisotopic (exact) mass is 431 g/mol. The normalized spacial score (nSPS) is 20.7. The van der Waals surface area contributed by atoms with Crippen LogP contribution in [0.3, 0.4) is 0 Å². The summed E-state index contributed by atoms with van der Waals surface area (Å²) in [6.07, 6.45) is 0.569. The molecule has 1 aromatic carbocycles. The molecule has 8 heteroatoms. The fourth-order valence-corrected chi connectivity index (χ4v) is 4.37. The number of hydrogen-bond donors (Lipinski definition) is 1. The summed E-state index contributed by atoms with van der Waals surface area (Å²) in [4.78, 5) is 17.4. The van der Waals surface area contributed by atoms with Gasteiger partial charge in [-0.3, -0.25) is 4.90 Å². The van der Waals surface area contributed by atoms with Crippen molar-refractivity contribution in [1.29, 1.82) is 0 Å². The Morgan fingerprint density at radius 2 is 1.96 bits per heavy atom. The summed E-state index contributed by atoms with van der Waals surface area (Å²) in [6, 6.07) is 6.05. The summed E-state index contributed by atoms with van der Waals surface area (Å²) in [5.74, 6) is 0.0530. The summed E-state index contributed by atoms with van der Waals surface area (Å²) >= 11 is 12.2. The molecule has 2 fully saturated rings. The highest BCUT2D eigenvalue weighted by Gasteiger charge is 2.34. The van der Waals surface area contributed by atoms with Crippen LogP contribution in [0.5, 0.6) is 0 Å². The van der Waals surface area contributed by atoms with Crippen LogP contribution in [-0.4, -0.2) is 84.4 Å². The van der Waals surface area contributed by atoms with Gasteiger partial charge in [-0.1, -0.05) is 29.3 Å². The lowest BCUT2D eigenvalue weighted by atomic mass is 9.93. The van der Waals surface area contributed by atoms with Crippen LogP contribution >= 0.6 is 23.2 Å². The molecular formula is C20H28Cl2FN3O2. The molecule has 2 aliphatic rings. The fraction of sp³-hybridized carbons (Fsp3) is 0.650. The fourth-order valence-electron chi connectivity index (χ4n) is 4.07. The van der Waals surface area contributed by atoms with Gasteiger partial charge in [0.25, 0.3) is 0 Å². The Bertz CT molecular complexity index is 679. The molecule has 0 radical (unpaired) electrons. The average Bonchev–Trinajstić information content (AvgIpc) is 2.62. The zero-order valence-corrected chi connectivity index (χ0v) is 17.7. The third-order valence-electron chi connectivity index (χ3n) is 5.94. The van der Waals surface area contributed by atoms with Gasteiger partial charge in [-0.2, -0.15) is 0 Å². The topological polar surface area (TPSA) is 47.0 Å². The van der Waals surface area contributed by atoms with Gasteiger partial charge in [-0.25, -0.2) is 9.18 Å². The minimum atomic E-state index is -0.939. The second-order valence-corrected chi connectivity index (χ2v) is 8.76. The van der Waals surface area contributed by atoms with Crippen molar-refractivity contribution in [2.45, 2.75) is 37.4 Å². The first kappa shape index (κ1) is 21.6. The number of rotatable bonds is 7. The highest BCUT2D eigenvalue weighted by Crippen LogP contribution is 2.30. The smallest absolute Gasteiger partial charge is 0.407 e. The minimum absolute atomic E-state index is 0.0530. The maximum absolute atomic E-state index is 13.3. The second-order valence-electron chi connectivity index (χ2n) is 7.95. The Hall–Kier alpha value is -1.08. The first-order valence-corrected chi connectivity index (χ1v) is 10.6. The number of piperidine rings is 1. The van der Waals surface area contributed by atoms with Crippen LogP contribution in [0.4, 0.5) is 9.18 Å². The van der Waals surface area contributed by atoms with E-state index in [9.17, 15) is 14.3 Å². The molecule has 0 unspecified atom stereocenters. The first-order chi connectivity index (χ1) is 13.3. The number of alkyl halides is 1. The number of likely N-dealkylation sites (tertiary alicyclic amines) is 2. The largest absolute Gasteiger partial charge is 0.465 e. The Morgan fingerprint density at radius 1 is 1.29 bits per heavy atom. The number of hydrogen-bond acceptors (Lipinski definition) is 3. The van der Waals surface area contributed by atoms with Crippen molar-refractivity contribution < 1.29 is 14.3 Å². The van der Waals surface area contributed by atoms with Gasteiger partial charge in [0.2, 0.25) is 0 Å². The zero-order chi connectivity index (χ0) is 20.3. The third kappa shape index (κ3) is 5.50. The SMILES string of the molecule is CN(C[C@@H](CCN1CC(N2CCC(F)CC2)C1)c1ccc(Cl)c(Cl)c1)C(=O)O. The molecule has 2 saturated heterocycles. The van der Waals surface area contributed by atoms with Crippen LogP contribution in [0.25, 0.3) is 0 Å². The highest BCUT2D eigenvalue weighted by atomic mass is 35.5. The Kier molecular flexibility index (Phi) is 7.42. The molecule has 5 nitrogen and oxygen atoms in total. The zero-order valence-electron chi connectivity index (χ0n) is 16.2. The Morgan fingerprint density at radius 3 is 2.57 bits per heavy atom. The van der Waals surface area contributed by atoms with E-state index in [0.717, 1.165) is 44.7 Å². The molecule has 2 heterocycles. The molecule has 0 saturated carbocycles. The van der Waals surface area contributed by atoms with Gasteiger partial charge < -0.3 is 14.9 Å². The Labute approximate surface area is 176 Å². The number of likely N-dealkylation sites (N-methyl/N-ethyl adjacent to an activating group) is 1. The van der Waals surface area contributed by atoms with Crippen molar-refractivity contribution >= 4 is 29.3 Å². The number of amides is 1. The number of halogens is 3. The van der Waals surface area contributed by atoms with Crippen LogP contribution in [0.15, 0.2) is 18.2 Å². The molecule has 0 bridgehead atoms. The summed E-state index contributed by atoms with van der Waals surface area (Å²) < 4.78 is 13.3. The lowest BCUT2D eigenvalue weighted by molar-refractivity contribution is 0.00872. The van der Waals surface area contributed by atoms with Crippen molar-refractivity contribution in [3.05, 3.63) is 33.8 Å². The standard InChI is InChI=1S/C20H28Cl2FN3O2/c1-24(20(27)28)11-15(14-2-3-18(21)19(22)10-14)4-7-25-12-17(13-25)26-8-5-16(23)6-9-26/h2-3,10,15-17H,4-9,11-13H2,1H3,(H,27,28)/t15-/m1/s1. The predicted molar refractivity (Wildman–Crippen MR) is 110 cm³/mol. The van der Waals surface area contributed by atoms with Crippen molar-refractivity contribution in [1.82, 2.24) is 14.7 Å². The summed E-state index contributed by atoms with van der Waals surface area (Å²) in [5, 5.41) is 10.2. The van der Waals surface area contributed by atoms with E-state index in [0.29, 0.717) is 35.5 Å². The quantitative estimate of drug-likeness (QED) is 0.702. The number of carbonyl (C=O) groups is 1. The van der Waals surface area contributed by atoms with E-state index in [1.807, 2.05) is 12.1 Å². The van der Waals surface area contributed by atoms with Crippen LogP contribution in [0.2, 0.25) is 10.0 Å². The predicted octanol–water partition coefficient (Wildman–Crippen LogP) is 4.20. The van der Waals surface area contributed by atoms with Gasteiger partial charge >= 0.3 is 6.09 Å². The van der Waals surface area contributed by atoms with E-state index >= 15 is 0 Å². The van der Waals surface area contributed by atoms with Gasteiger partial charge in [-0.15, -0.1) is 0 Å².